The number of para-hydroxylation sites is 1. The molecule has 3 aromatic carbocycles. The number of rotatable bonds is 4. The van der Waals surface area contributed by atoms with Crippen LogP contribution in [0.4, 0.5) is 18.9 Å². The van der Waals surface area contributed by atoms with Crippen LogP contribution in [0.3, 0.4) is 0 Å². The summed E-state index contributed by atoms with van der Waals surface area (Å²) < 4.78 is 40.9. The fourth-order valence-corrected chi connectivity index (χ4v) is 3.28. The maximum absolute atomic E-state index is 13.1. The van der Waals surface area contributed by atoms with E-state index in [1.165, 1.54) is 10.7 Å². The van der Waals surface area contributed by atoms with Crippen LogP contribution in [0.1, 0.15) is 16.1 Å². The Kier molecular flexibility index (Phi) is 5.48. The standard InChI is InChI=1S/C22H14ClF3N4O/c23-18-12-11-15(13-17(18)22(24,25)26)27-21(31)19-20(14-7-3-1-4-8-14)30(29-28-19)16-9-5-2-6-10-16/h1-13H,(H,27,31). The summed E-state index contributed by atoms with van der Waals surface area (Å²) in [5, 5.41) is 10.1. The van der Waals surface area contributed by atoms with Crippen molar-refractivity contribution in [3.63, 3.8) is 0 Å². The van der Waals surface area contributed by atoms with Gasteiger partial charge in [0.15, 0.2) is 5.69 Å². The molecule has 0 saturated carbocycles. The molecule has 4 rings (SSSR count). The maximum Gasteiger partial charge on any atom is 0.417 e. The van der Waals surface area contributed by atoms with Crippen LogP contribution in [0.25, 0.3) is 16.9 Å². The van der Waals surface area contributed by atoms with E-state index in [1.807, 2.05) is 24.3 Å². The summed E-state index contributed by atoms with van der Waals surface area (Å²) >= 11 is 5.65. The molecular formula is C22H14ClF3N4O. The van der Waals surface area contributed by atoms with Gasteiger partial charge in [0.2, 0.25) is 0 Å². The average molecular weight is 443 g/mol. The number of amides is 1. The summed E-state index contributed by atoms with van der Waals surface area (Å²) in [6.07, 6.45) is -4.65. The third kappa shape index (κ3) is 4.29. The van der Waals surface area contributed by atoms with Gasteiger partial charge < -0.3 is 5.32 Å². The number of hydrogen-bond acceptors (Lipinski definition) is 3. The molecule has 1 amide bonds. The van der Waals surface area contributed by atoms with Gasteiger partial charge in [-0.05, 0) is 30.3 Å². The predicted octanol–water partition coefficient (Wildman–Crippen LogP) is 5.86. The van der Waals surface area contributed by atoms with Crippen molar-refractivity contribution in [2.45, 2.75) is 6.18 Å². The van der Waals surface area contributed by atoms with Crippen molar-refractivity contribution in [1.29, 1.82) is 0 Å². The summed E-state index contributed by atoms with van der Waals surface area (Å²) in [5.74, 6) is -0.698. The second-order valence-corrected chi connectivity index (χ2v) is 6.95. The van der Waals surface area contributed by atoms with E-state index in [9.17, 15) is 18.0 Å². The lowest BCUT2D eigenvalue weighted by Crippen LogP contribution is -2.15. The highest BCUT2D eigenvalue weighted by Crippen LogP contribution is 2.36. The van der Waals surface area contributed by atoms with E-state index in [0.717, 1.165) is 12.1 Å². The predicted molar refractivity (Wildman–Crippen MR) is 111 cm³/mol. The van der Waals surface area contributed by atoms with E-state index < -0.39 is 22.7 Å². The van der Waals surface area contributed by atoms with Gasteiger partial charge >= 0.3 is 6.18 Å². The summed E-state index contributed by atoms with van der Waals surface area (Å²) in [4.78, 5) is 13.0. The highest BCUT2D eigenvalue weighted by Gasteiger charge is 2.33. The first-order valence-corrected chi connectivity index (χ1v) is 9.47. The molecule has 0 radical (unpaired) electrons. The number of alkyl halides is 3. The summed E-state index contributed by atoms with van der Waals surface area (Å²) in [6, 6.07) is 21.2. The molecule has 0 unspecified atom stereocenters. The van der Waals surface area contributed by atoms with Crippen molar-refractivity contribution in [2.24, 2.45) is 0 Å². The number of benzene rings is 3. The lowest BCUT2D eigenvalue weighted by molar-refractivity contribution is -0.137. The van der Waals surface area contributed by atoms with Gasteiger partial charge in [0, 0.05) is 11.3 Å². The minimum Gasteiger partial charge on any atom is -0.321 e. The Bertz CT molecular complexity index is 1220. The second kappa shape index (κ2) is 8.23. The highest BCUT2D eigenvalue weighted by atomic mass is 35.5. The molecule has 4 aromatic rings. The van der Waals surface area contributed by atoms with Crippen LogP contribution in [0.15, 0.2) is 78.9 Å². The largest absolute Gasteiger partial charge is 0.417 e. The van der Waals surface area contributed by atoms with Crippen LogP contribution in [0, 0.1) is 0 Å². The molecule has 1 aromatic heterocycles. The smallest absolute Gasteiger partial charge is 0.321 e. The SMILES string of the molecule is O=C(Nc1ccc(Cl)c(C(F)(F)F)c1)c1nnn(-c2ccccc2)c1-c1ccccc1. The number of anilines is 1. The van der Waals surface area contributed by atoms with Gasteiger partial charge in [-0.25, -0.2) is 4.68 Å². The van der Waals surface area contributed by atoms with E-state index in [2.05, 4.69) is 15.6 Å². The van der Waals surface area contributed by atoms with Crippen molar-refractivity contribution in [2.75, 3.05) is 5.32 Å². The normalized spacial score (nSPS) is 11.4. The van der Waals surface area contributed by atoms with Gasteiger partial charge in [-0.3, -0.25) is 4.79 Å². The van der Waals surface area contributed by atoms with Crippen LogP contribution < -0.4 is 5.32 Å². The van der Waals surface area contributed by atoms with Crippen LogP contribution >= 0.6 is 11.6 Å². The topological polar surface area (TPSA) is 59.8 Å². The number of nitrogens with zero attached hydrogens (tertiary/aromatic N) is 3. The van der Waals surface area contributed by atoms with Gasteiger partial charge in [-0.2, -0.15) is 13.2 Å². The van der Waals surface area contributed by atoms with Crippen LogP contribution in [-0.4, -0.2) is 20.9 Å². The molecule has 1 heterocycles. The lowest BCUT2D eigenvalue weighted by Gasteiger charge is -2.12. The quantitative estimate of drug-likeness (QED) is 0.430. The molecule has 0 atom stereocenters. The van der Waals surface area contributed by atoms with Crippen molar-refractivity contribution in [1.82, 2.24) is 15.0 Å². The van der Waals surface area contributed by atoms with Crippen molar-refractivity contribution in [3.05, 3.63) is 95.1 Å². The number of nitrogens with one attached hydrogen (secondary N) is 1. The zero-order valence-corrected chi connectivity index (χ0v) is 16.5. The molecular weight excluding hydrogens is 429 g/mol. The fraction of sp³-hybridized carbons (Fsp3) is 0.0455. The first kappa shape index (κ1) is 20.6. The molecule has 156 valence electrons. The van der Waals surface area contributed by atoms with Crippen LogP contribution in [-0.2, 0) is 6.18 Å². The Balaban J connectivity index is 1.75. The molecule has 0 saturated heterocycles. The lowest BCUT2D eigenvalue weighted by atomic mass is 10.1. The molecule has 0 aliphatic heterocycles. The first-order valence-electron chi connectivity index (χ1n) is 9.09. The maximum atomic E-state index is 13.1. The van der Waals surface area contributed by atoms with Gasteiger partial charge in [-0.15, -0.1) is 5.10 Å². The molecule has 9 heteroatoms. The molecule has 0 spiro atoms. The van der Waals surface area contributed by atoms with Gasteiger partial charge in [0.1, 0.15) is 5.69 Å². The van der Waals surface area contributed by atoms with Crippen LogP contribution in [0.2, 0.25) is 5.02 Å². The number of halogens is 4. The molecule has 31 heavy (non-hydrogen) atoms. The van der Waals surface area contributed by atoms with Gasteiger partial charge in [0.25, 0.3) is 5.91 Å². The van der Waals surface area contributed by atoms with Crippen LogP contribution in [0.5, 0.6) is 0 Å². The third-order valence-corrected chi connectivity index (χ3v) is 4.79. The Morgan fingerprint density at radius 1 is 0.935 bits per heavy atom. The van der Waals surface area contributed by atoms with E-state index in [4.69, 9.17) is 11.6 Å². The third-order valence-electron chi connectivity index (χ3n) is 4.46. The molecule has 0 aliphatic carbocycles. The van der Waals surface area contributed by atoms with E-state index >= 15 is 0 Å². The summed E-state index contributed by atoms with van der Waals surface area (Å²) in [6.45, 7) is 0. The Morgan fingerprint density at radius 2 is 1.58 bits per heavy atom. The Labute approximate surface area is 180 Å². The van der Waals surface area contributed by atoms with E-state index in [-0.39, 0.29) is 11.4 Å². The zero-order valence-electron chi connectivity index (χ0n) is 15.8. The van der Waals surface area contributed by atoms with Crippen molar-refractivity contribution >= 4 is 23.2 Å². The van der Waals surface area contributed by atoms with E-state index in [1.54, 1.807) is 36.4 Å². The second-order valence-electron chi connectivity index (χ2n) is 6.55. The molecule has 5 nitrogen and oxygen atoms in total. The molecule has 0 fully saturated rings. The van der Waals surface area contributed by atoms with Gasteiger partial charge in [0.05, 0.1) is 16.3 Å². The summed E-state index contributed by atoms with van der Waals surface area (Å²) in [5.41, 5.74) is 0.637. The fourth-order valence-electron chi connectivity index (χ4n) is 3.05. The number of carbonyl (C=O) groups is 1. The minimum atomic E-state index is -4.65. The van der Waals surface area contributed by atoms with Crippen molar-refractivity contribution < 1.29 is 18.0 Å². The number of aromatic nitrogens is 3. The monoisotopic (exact) mass is 442 g/mol. The number of hydrogen-bond donors (Lipinski definition) is 1. The van der Waals surface area contributed by atoms with E-state index in [0.29, 0.717) is 16.9 Å². The Morgan fingerprint density at radius 3 is 2.23 bits per heavy atom. The first-order chi connectivity index (χ1) is 14.8. The minimum absolute atomic E-state index is 0.0291. The average Bonchev–Trinajstić information content (AvgIpc) is 3.21. The molecule has 0 bridgehead atoms. The Hall–Kier alpha value is -3.65. The summed E-state index contributed by atoms with van der Waals surface area (Å²) in [7, 11) is 0. The molecule has 0 aliphatic rings. The highest BCUT2D eigenvalue weighted by molar-refractivity contribution is 6.31. The number of carbonyl (C=O) groups excluding carboxylic acids is 1. The molecule has 1 N–H and O–H groups in total. The van der Waals surface area contributed by atoms with Crippen molar-refractivity contribution in [3.8, 4) is 16.9 Å². The van der Waals surface area contributed by atoms with Gasteiger partial charge in [-0.1, -0.05) is 65.3 Å². The zero-order chi connectivity index (χ0) is 22.0.